The molecule has 0 bridgehead atoms. The van der Waals surface area contributed by atoms with Crippen molar-refractivity contribution in [1.82, 2.24) is 24.1 Å². The summed E-state index contributed by atoms with van der Waals surface area (Å²) in [5, 5.41) is 6.47. The van der Waals surface area contributed by atoms with Gasteiger partial charge >= 0.3 is 0 Å². The predicted molar refractivity (Wildman–Crippen MR) is 160 cm³/mol. The maximum absolute atomic E-state index is 14.4. The average molecular weight is 608 g/mol. The van der Waals surface area contributed by atoms with E-state index in [0.29, 0.717) is 36.6 Å². The number of anilines is 3. The van der Waals surface area contributed by atoms with Gasteiger partial charge in [0.1, 0.15) is 17.6 Å². The third-order valence-electron chi connectivity index (χ3n) is 7.39. The van der Waals surface area contributed by atoms with Gasteiger partial charge in [-0.2, -0.15) is 0 Å². The van der Waals surface area contributed by atoms with E-state index < -0.39 is 28.3 Å². The number of alkyl halides is 2. The van der Waals surface area contributed by atoms with Crippen molar-refractivity contribution >= 4 is 38.2 Å². The summed E-state index contributed by atoms with van der Waals surface area (Å²) in [5.74, 6) is -0.0448. The van der Waals surface area contributed by atoms with Crippen LogP contribution in [0.5, 0.6) is 0 Å². The van der Waals surface area contributed by atoms with Crippen LogP contribution in [-0.4, -0.2) is 45.4 Å². The highest BCUT2D eigenvalue weighted by molar-refractivity contribution is 7.90. The molecule has 10 nitrogen and oxygen atoms in total. The first-order valence-electron chi connectivity index (χ1n) is 13.9. The van der Waals surface area contributed by atoms with Crippen LogP contribution >= 0.6 is 0 Å². The number of ether oxygens (including phenoxy) is 1. The Balaban J connectivity index is 1.49. The highest BCUT2D eigenvalue weighted by atomic mass is 32.2. The highest BCUT2D eigenvalue weighted by Crippen LogP contribution is 2.38. The van der Waals surface area contributed by atoms with Crippen LogP contribution in [0.25, 0.3) is 22.4 Å². The van der Waals surface area contributed by atoms with E-state index in [9.17, 15) is 17.2 Å². The van der Waals surface area contributed by atoms with Gasteiger partial charge in [-0.25, -0.2) is 32.2 Å². The monoisotopic (exact) mass is 607 g/mol. The number of nitrogens with one attached hydrogen (secondary N) is 2. The molecule has 0 spiro atoms. The van der Waals surface area contributed by atoms with E-state index in [4.69, 9.17) is 9.72 Å². The second kappa shape index (κ2) is 11.7. The van der Waals surface area contributed by atoms with Gasteiger partial charge in [-0.05, 0) is 37.0 Å². The number of hydrogen-bond acceptors (Lipinski definition) is 8. The molecule has 2 N–H and O–H groups in total. The molecule has 1 aliphatic rings. The number of aryl methyl sites for hydroxylation is 1. The molecule has 1 aliphatic heterocycles. The molecule has 0 amide bonds. The van der Waals surface area contributed by atoms with Crippen molar-refractivity contribution in [3.8, 4) is 11.3 Å². The topological polar surface area (TPSA) is 116 Å². The van der Waals surface area contributed by atoms with Crippen LogP contribution in [0.3, 0.4) is 0 Å². The zero-order valence-electron chi connectivity index (χ0n) is 23.7. The quantitative estimate of drug-likeness (QED) is 0.203. The lowest BCUT2D eigenvalue weighted by Gasteiger charge is -2.25. The van der Waals surface area contributed by atoms with Crippen molar-refractivity contribution in [1.29, 1.82) is 0 Å². The molecule has 1 unspecified atom stereocenters. The molecule has 1 saturated heterocycles. The molecule has 3 aromatic heterocycles. The fraction of sp³-hybridized carbons (Fsp3) is 0.300. The van der Waals surface area contributed by atoms with Gasteiger partial charge in [-0.15, -0.1) is 0 Å². The fourth-order valence-electron chi connectivity index (χ4n) is 5.29. The standard InChI is InChI=1S/C30H31F2N7O3S/c1-38-18-33-17-23(38)20-11-12-21(24(14-20)43(2,40)41)35-22-15-25(34-16-19-8-4-3-5-9-19)36-29-27(22)37-30(28(31)32)39(29)26-10-6-7-13-42-26/h3-5,8-9,11-12,14-15,17-18,26,28H,6-7,10,13,16H2,1-2H3,(H2,34,35,36). The van der Waals surface area contributed by atoms with Gasteiger partial charge in [0.25, 0.3) is 6.43 Å². The maximum Gasteiger partial charge on any atom is 0.295 e. The summed E-state index contributed by atoms with van der Waals surface area (Å²) >= 11 is 0. The number of imidazole rings is 2. The molecule has 4 heterocycles. The summed E-state index contributed by atoms with van der Waals surface area (Å²) in [6.45, 7) is 0.882. The molecule has 2 aromatic carbocycles. The first kappa shape index (κ1) is 28.7. The summed E-state index contributed by atoms with van der Waals surface area (Å²) in [7, 11) is -1.89. The van der Waals surface area contributed by atoms with Crippen LogP contribution in [0.4, 0.5) is 26.0 Å². The van der Waals surface area contributed by atoms with Crippen LogP contribution in [0, 0.1) is 0 Å². The lowest BCUT2D eigenvalue weighted by molar-refractivity contribution is -0.0363. The second-order valence-corrected chi connectivity index (χ2v) is 12.5. The van der Waals surface area contributed by atoms with E-state index in [-0.39, 0.29) is 21.7 Å². The highest BCUT2D eigenvalue weighted by Gasteiger charge is 2.29. The number of hydrogen-bond donors (Lipinski definition) is 2. The van der Waals surface area contributed by atoms with Crippen molar-refractivity contribution in [2.75, 3.05) is 23.5 Å². The minimum Gasteiger partial charge on any atom is -0.366 e. The van der Waals surface area contributed by atoms with Crippen molar-refractivity contribution in [3.05, 3.63) is 78.5 Å². The number of sulfone groups is 1. The Morgan fingerprint density at radius 1 is 1.07 bits per heavy atom. The van der Waals surface area contributed by atoms with Gasteiger partial charge in [0.05, 0.1) is 34.5 Å². The molecule has 5 aromatic rings. The van der Waals surface area contributed by atoms with Gasteiger partial charge in [0.15, 0.2) is 21.3 Å². The summed E-state index contributed by atoms with van der Waals surface area (Å²) in [4.78, 5) is 13.2. The number of halogens is 2. The molecule has 0 radical (unpaired) electrons. The molecule has 13 heteroatoms. The van der Waals surface area contributed by atoms with Gasteiger partial charge in [-0.1, -0.05) is 36.4 Å². The third kappa shape index (κ3) is 5.95. The number of rotatable bonds is 9. The van der Waals surface area contributed by atoms with E-state index in [1.807, 2.05) is 37.4 Å². The first-order valence-corrected chi connectivity index (χ1v) is 15.8. The van der Waals surface area contributed by atoms with Gasteiger partial charge in [-0.3, -0.25) is 4.57 Å². The van der Waals surface area contributed by atoms with Crippen LogP contribution < -0.4 is 10.6 Å². The second-order valence-electron chi connectivity index (χ2n) is 10.5. The summed E-state index contributed by atoms with van der Waals surface area (Å²) in [6.07, 6.45) is 3.11. The van der Waals surface area contributed by atoms with Crippen LogP contribution in [0.2, 0.25) is 0 Å². The smallest absolute Gasteiger partial charge is 0.295 e. The summed E-state index contributed by atoms with van der Waals surface area (Å²) < 4.78 is 63.8. The van der Waals surface area contributed by atoms with E-state index in [1.165, 1.54) is 4.57 Å². The van der Waals surface area contributed by atoms with E-state index in [1.54, 1.807) is 41.4 Å². The molecular formula is C30H31F2N7O3S. The molecule has 1 fully saturated rings. The number of pyridine rings is 1. The number of nitrogens with zero attached hydrogens (tertiary/aromatic N) is 5. The van der Waals surface area contributed by atoms with E-state index in [0.717, 1.165) is 30.4 Å². The minimum absolute atomic E-state index is 0.0408. The SMILES string of the molecule is Cn1cncc1-c1ccc(Nc2cc(NCc3ccccc3)nc3c2nc(C(F)F)n3C2CCCCO2)c(S(C)(=O)=O)c1. The van der Waals surface area contributed by atoms with Crippen LogP contribution in [-0.2, 0) is 28.2 Å². The Kier molecular flexibility index (Phi) is 7.84. The fourth-order valence-corrected chi connectivity index (χ4v) is 6.15. The third-order valence-corrected chi connectivity index (χ3v) is 8.53. The normalized spacial score (nSPS) is 15.7. The maximum atomic E-state index is 14.4. The molecule has 224 valence electrons. The lowest BCUT2D eigenvalue weighted by Crippen LogP contribution is -2.20. The number of benzene rings is 2. The Morgan fingerprint density at radius 2 is 1.88 bits per heavy atom. The van der Waals surface area contributed by atoms with E-state index in [2.05, 4.69) is 20.6 Å². The van der Waals surface area contributed by atoms with E-state index >= 15 is 0 Å². The molecule has 0 aliphatic carbocycles. The van der Waals surface area contributed by atoms with Gasteiger partial charge in [0.2, 0.25) is 0 Å². The Labute approximate surface area is 247 Å². The molecule has 1 atom stereocenters. The number of aromatic nitrogens is 5. The van der Waals surface area contributed by atoms with Crippen molar-refractivity contribution in [2.24, 2.45) is 7.05 Å². The zero-order chi connectivity index (χ0) is 30.1. The lowest BCUT2D eigenvalue weighted by atomic mass is 10.1. The Morgan fingerprint density at radius 3 is 2.56 bits per heavy atom. The van der Waals surface area contributed by atoms with Gasteiger partial charge < -0.3 is 19.9 Å². The zero-order valence-corrected chi connectivity index (χ0v) is 24.5. The molecule has 0 saturated carbocycles. The molecule has 6 rings (SSSR count). The van der Waals surface area contributed by atoms with Crippen molar-refractivity contribution in [2.45, 2.75) is 43.4 Å². The number of fused-ring (bicyclic) bond motifs is 1. The van der Waals surface area contributed by atoms with Crippen LogP contribution in [0.1, 0.15) is 43.3 Å². The van der Waals surface area contributed by atoms with Crippen molar-refractivity contribution in [3.63, 3.8) is 0 Å². The first-order chi connectivity index (χ1) is 20.7. The Bertz CT molecular complexity index is 1870. The Hall–Kier alpha value is -4.36. The summed E-state index contributed by atoms with van der Waals surface area (Å²) in [6, 6.07) is 16.3. The summed E-state index contributed by atoms with van der Waals surface area (Å²) in [5.41, 5.74) is 3.41. The largest absolute Gasteiger partial charge is 0.366 e. The van der Waals surface area contributed by atoms with Crippen molar-refractivity contribution < 1.29 is 21.9 Å². The minimum atomic E-state index is -3.71. The molecular weight excluding hydrogens is 576 g/mol. The molecule has 43 heavy (non-hydrogen) atoms. The van der Waals surface area contributed by atoms with Crippen LogP contribution in [0.15, 0.2) is 72.0 Å². The van der Waals surface area contributed by atoms with Gasteiger partial charge in [0, 0.05) is 38.1 Å². The predicted octanol–water partition coefficient (Wildman–Crippen LogP) is 6.23. The average Bonchev–Trinajstić information content (AvgIpc) is 3.61.